The van der Waals surface area contributed by atoms with Crippen LogP contribution >= 0.6 is 0 Å². The lowest BCUT2D eigenvalue weighted by molar-refractivity contribution is -0.917. The van der Waals surface area contributed by atoms with Gasteiger partial charge in [-0.25, -0.2) is 8.42 Å². The van der Waals surface area contributed by atoms with E-state index in [0.717, 1.165) is 38.3 Å². The minimum atomic E-state index is -3.32. The Morgan fingerprint density at radius 1 is 1.13 bits per heavy atom. The van der Waals surface area contributed by atoms with E-state index in [4.69, 9.17) is 0 Å². The average molecular weight is 429 g/mol. The summed E-state index contributed by atoms with van der Waals surface area (Å²) in [5, 5.41) is 0. The molecule has 1 amide bonds. The number of piperazine rings is 1. The topological polar surface area (TPSA) is 62.1 Å². The van der Waals surface area contributed by atoms with Gasteiger partial charge in [-0.3, -0.25) is 9.10 Å². The summed E-state index contributed by atoms with van der Waals surface area (Å²) in [6.07, 6.45) is 1.87. The molecule has 0 bridgehead atoms. The number of aryl methyl sites for hydroxylation is 1. The zero-order valence-electron chi connectivity index (χ0n) is 17.9. The lowest BCUT2D eigenvalue weighted by Gasteiger charge is -2.32. The van der Waals surface area contributed by atoms with Crippen LogP contribution in [0, 0.1) is 6.92 Å². The Kier molecular flexibility index (Phi) is 5.59. The van der Waals surface area contributed by atoms with Crippen LogP contribution in [0.5, 0.6) is 0 Å². The van der Waals surface area contributed by atoms with Crippen molar-refractivity contribution in [3.8, 4) is 0 Å². The van der Waals surface area contributed by atoms with Crippen molar-refractivity contribution in [2.45, 2.75) is 32.9 Å². The molecule has 160 valence electrons. The van der Waals surface area contributed by atoms with E-state index in [1.807, 2.05) is 17.9 Å². The smallest absolute Gasteiger partial charge is 0.254 e. The van der Waals surface area contributed by atoms with Gasteiger partial charge in [-0.15, -0.1) is 0 Å². The summed E-state index contributed by atoms with van der Waals surface area (Å²) in [5.41, 5.74) is 4.98. The summed E-state index contributed by atoms with van der Waals surface area (Å²) < 4.78 is 25.7. The summed E-state index contributed by atoms with van der Waals surface area (Å²) in [5.74, 6) is 0.0400. The number of hydrogen-bond donors (Lipinski definition) is 1. The van der Waals surface area contributed by atoms with E-state index in [-0.39, 0.29) is 11.9 Å². The number of nitrogens with zero attached hydrogens (tertiary/aromatic N) is 2. The van der Waals surface area contributed by atoms with Gasteiger partial charge in [0.15, 0.2) is 0 Å². The third-order valence-corrected chi connectivity index (χ3v) is 7.57. The van der Waals surface area contributed by atoms with Crippen LogP contribution in [-0.4, -0.2) is 57.7 Å². The van der Waals surface area contributed by atoms with Gasteiger partial charge >= 0.3 is 0 Å². The first-order valence-corrected chi connectivity index (χ1v) is 12.4. The molecule has 4 rings (SSSR count). The van der Waals surface area contributed by atoms with Gasteiger partial charge in [-0.05, 0) is 49.6 Å². The first kappa shape index (κ1) is 20.9. The molecule has 2 aromatic rings. The number of quaternary nitrogens is 1. The molecule has 1 N–H and O–H groups in total. The molecule has 0 saturated carbocycles. The molecule has 30 heavy (non-hydrogen) atoms. The lowest BCUT2D eigenvalue weighted by Crippen LogP contribution is -3.13. The van der Waals surface area contributed by atoms with Crippen molar-refractivity contribution in [2.75, 3.05) is 36.7 Å². The number of anilines is 1. The van der Waals surface area contributed by atoms with Crippen LogP contribution < -0.4 is 9.21 Å². The van der Waals surface area contributed by atoms with Crippen molar-refractivity contribution < 1.29 is 18.1 Å². The molecule has 0 aromatic heterocycles. The van der Waals surface area contributed by atoms with Gasteiger partial charge in [0.1, 0.15) is 6.54 Å². The summed E-state index contributed by atoms with van der Waals surface area (Å²) in [6.45, 7) is 8.39. The third-order valence-electron chi connectivity index (χ3n) is 6.30. The molecular formula is C23H30N3O3S+. The normalized spacial score (nSPS) is 19.8. The third kappa shape index (κ3) is 4.09. The molecule has 0 aliphatic carbocycles. The van der Waals surface area contributed by atoms with E-state index < -0.39 is 10.0 Å². The zero-order valence-corrected chi connectivity index (χ0v) is 18.7. The molecule has 2 heterocycles. The second kappa shape index (κ2) is 8.04. The Morgan fingerprint density at radius 2 is 1.83 bits per heavy atom. The Labute approximate surface area is 179 Å². The van der Waals surface area contributed by atoms with Crippen molar-refractivity contribution in [2.24, 2.45) is 0 Å². The van der Waals surface area contributed by atoms with E-state index >= 15 is 0 Å². The quantitative estimate of drug-likeness (QED) is 0.797. The fraction of sp³-hybridized carbons (Fsp3) is 0.435. The van der Waals surface area contributed by atoms with E-state index in [9.17, 15) is 13.2 Å². The number of carbonyl (C=O) groups excluding carboxylic acids is 1. The van der Waals surface area contributed by atoms with Gasteiger partial charge in [-0.2, -0.15) is 0 Å². The minimum Gasteiger partial charge on any atom is -0.328 e. The minimum absolute atomic E-state index is 0.0400. The molecular weight excluding hydrogens is 398 g/mol. The number of rotatable bonds is 4. The molecule has 6 nitrogen and oxygen atoms in total. The molecule has 2 aliphatic rings. The lowest BCUT2D eigenvalue weighted by atomic mass is 10.1. The fourth-order valence-corrected chi connectivity index (χ4v) is 5.97. The summed E-state index contributed by atoms with van der Waals surface area (Å²) in [6, 6.07) is 13.8. The van der Waals surface area contributed by atoms with Crippen LogP contribution in [0.4, 0.5) is 5.69 Å². The second-order valence-electron chi connectivity index (χ2n) is 8.60. The standard InChI is InChI=1S/C23H29N3O3S/c1-17-6-4-5-7-20(17)16-24-10-12-25(13-11-24)23(27)19-8-9-22-21(15-19)14-18(2)26(22)30(3,28)29/h4-9,15,18H,10-14,16H2,1-3H3/p+1/t18-/m1/s1. The predicted molar refractivity (Wildman–Crippen MR) is 118 cm³/mol. The number of benzene rings is 2. The Bertz CT molecular complexity index is 1060. The molecule has 2 aromatic carbocycles. The number of carbonyl (C=O) groups is 1. The number of fused-ring (bicyclic) bond motifs is 1. The van der Waals surface area contributed by atoms with Crippen LogP contribution in [0.2, 0.25) is 0 Å². The van der Waals surface area contributed by atoms with Gasteiger partial charge in [0.25, 0.3) is 5.91 Å². The van der Waals surface area contributed by atoms with E-state index in [0.29, 0.717) is 17.7 Å². The maximum Gasteiger partial charge on any atom is 0.254 e. The number of hydrogen-bond acceptors (Lipinski definition) is 3. The number of sulfonamides is 1. The predicted octanol–water partition coefficient (Wildman–Crippen LogP) is 1.25. The van der Waals surface area contributed by atoms with Crippen molar-refractivity contribution >= 4 is 21.6 Å². The summed E-state index contributed by atoms with van der Waals surface area (Å²) in [4.78, 5) is 16.5. The molecule has 1 fully saturated rings. The molecule has 1 saturated heterocycles. The van der Waals surface area contributed by atoms with Gasteiger partial charge in [0, 0.05) is 17.2 Å². The highest BCUT2D eigenvalue weighted by molar-refractivity contribution is 7.92. The highest BCUT2D eigenvalue weighted by Gasteiger charge is 2.33. The number of nitrogens with one attached hydrogen (secondary N) is 1. The van der Waals surface area contributed by atoms with Gasteiger partial charge in [-0.1, -0.05) is 24.3 Å². The average Bonchev–Trinajstić information content (AvgIpc) is 3.05. The Hall–Kier alpha value is -2.38. The van der Waals surface area contributed by atoms with E-state index in [1.165, 1.54) is 26.6 Å². The van der Waals surface area contributed by atoms with Gasteiger partial charge in [0.2, 0.25) is 10.0 Å². The van der Waals surface area contributed by atoms with Crippen molar-refractivity contribution in [3.63, 3.8) is 0 Å². The Morgan fingerprint density at radius 3 is 2.50 bits per heavy atom. The van der Waals surface area contributed by atoms with Crippen LogP contribution in [0.15, 0.2) is 42.5 Å². The Balaban J connectivity index is 1.42. The summed E-state index contributed by atoms with van der Waals surface area (Å²) >= 11 is 0. The molecule has 0 unspecified atom stereocenters. The molecule has 1 atom stereocenters. The van der Waals surface area contributed by atoms with Crippen LogP contribution in [0.3, 0.4) is 0 Å². The first-order chi connectivity index (χ1) is 14.2. The highest BCUT2D eigenvalue weighted by Crippen LogP contribution is 2.34. The van der Waals surface area contributed by atoms with Crippen LogP contribution in [0.25, 0.3) is 0 Å². The van der Waals surface area contributed by atoms with Crippen molar-refractivity contribution in [1.82, 2.24) is 4.90 Å². The summed E-state index contributed by atoms with van der Waals surface area (Å²) in [7, 11) is -3.32. The molecule has 2 aliphatic heterocycles. The van der Waals surface area contributed by atoms with Gasteiger partial charge in [0.05, 0.1) is 38.1 Å². The monoisotopic (exact) mass is 428 g/mol. The molecule has 0 spiro atoms. The fourth-order valence-electron chi connectivity index (χ4n) is 4.70. The zero-order chi connectivity index (χ0) is 21.5. The first-order valence-electron chi connectivity index (χ1n) is 10.5. The highest BCUT2D eigenvalue weighted by atomic mass is 32.2. The largest absolute Gasteiger partial charge is 0.328 e. The van der Waals surface area contributed by atoms with Crippen molar-refractivity contribution in [1.29, 1.82) is 0 Å². The number of amides is 1. The second-order valence-corrected chi connectivity index (χ2v) is 10.5. The van der Waals surface area contributed by atoms with E-state index in [1.54, 1.807) is 12.1 Å². The van der Waals surface area contributed by atoms with Crippen LogP contribution in [-0.2, 0) is 23.0 Å². The maximum absolute atomic E-state index is 13.1. The SMILES string of the molecule is Cc1ccccc1C[NH+]1CCN(C(=O)c2ccc3c(c2)C[C@@H](C)N3S(C)(=O)=O)CC1. The maximum atomic E-state index is 13.1. The van der Waals surface area contributed by atoms with Crippen LogP contribution in [0.1, 0.15) is 34.0 Å². The van der Waals surface area contributed by atoms with Gasteiger partial charge < -0.3 is 9.80 Å². The van der Waals surface area contributed by atoms with Crippen molar-refractivity contribution in [3.05, 3.63) is 64.7 Å². The van der Waals surface area contributed by atoms with E-state index in [2.05, 4.69) is 31.2 Å². The molecule has 0 radical (unpaired) electrons. The molecule has 7 heteroatoms.